The zero-order valence-corrected chi connectivity index (χ0v) is 14.0. The van der Waals surface area contributed by atoms with Crippen molar-refractivity contribution in [3.05, 3.63) is 30.1 Å². The molecule has 0 bridgehead atoms. The first-order valence-electron chi connectivity index (χ1n) is 7.41. The highest BCUT2D eigenvalue weighted by atomic mass is 35.5. The number of aromatic nitrogens is 1. The molecule has 2 rings (SSSR count). The van der Waals surface area contributed by atoms with Crippen LogP contribution < -0.4 is 4.72 Å². The van der Waals surface area contributed by atoms with E-state index in [-0.39, 0.29) is 5.75 Å². The van der Waals surface area contributed by atoms with Crippen molar-refractivity contribution in [1.82, 2.24) is 9.71 Å². The first-order chi connectivity index (χ1) is 9.95. The lowest BCUT2D eigenvalue weighted by molar-refractivity contribution is 0.239. The molecule has 1 heterocycles. The zero-order chi connectivity index (χ0) is 15.3. The molecule has 0 radical (unpaired) electrons. The van der Waals surface area contributed by atoms with Crippen molar-refractivity contribution in [2.24, 2.45) is 5.92 Å². The van der Waals surface area contributed by atoms with Crippen LogP contribution in [-0.4, -0.2) is 30.6 Å². The van der Waals surface area contributed by atoms with E-state index in [4.69, 9.17) is 11.6 Å². The van der Waals surface area contributed by atoms with Crippen LogP contribution in [0.3, 0.4) is 0 Å². The van der Waals surface area contributed by atoms with Gasteiger partial charge in [0.05, 0.1) is 5.75 Å². The van der Waals surface area contributed by atoms with Gasteiger partial charge in [-0.3, -0.25) is 4.98 Å². The van der Waals surface area contributed by atoms with E-state index in [1.807, 2.05) is 12.1 Å². The molecular weight excluding hydrogens is 308 g/mol. The molecule has 2 atom stereocenters. The normalized spacial score (nSPS) is 26.7. The van der Waals surface area contributed by atoms with Crippen molar-refractivity contribution in [1.29, 1.82) is 0 Å². The second-order valence-electron chi connectivity index (χ2n) is 6.14. The Morgan fingerprint density at radius 3 is 2.76 bits per heavy atom. The lowest BCUT2D eigenvalue weighted by Crippen LogP contribution is -2.53. The molecule has 6 heteroatoms. The van der Waals surface area contributed by atoms with Crippen LogP contribution >= 0.6 is 11.6 Å². The standard InChI is InChI=1S/C15H23ClN2O2S/c1-13-3-2-7-15(11-13,12-16)18-21(19,20)10-6-14-4-8-17-9-5-14/h4-5,8-9,13,18H,2-3,6-7,10-12H2,1H3. The van der Waals surface area contributed by atoms with Gasteiger partial charge >= 0.3 is 0 Å². The molecular formula is C15H23ClN2O2S. The molecule has 1 N–H and O–H groups in total. The molecule has 4 nitrogen and oxygen atoms in total. The van der Waals surface area contributed by atoms with Crippen LogP contribution in [0.15, 0.2) is 24.5 Å². The summed E-state index contributed by atoms with van der Waals surface area (Å²) in [6.45, 7) is 2.16. The molecule has 0 aliphatic heterocycles. The molecule has 21 heavy (non-hydrogen) atoms. The SMILES string of the molecule is CC1CCCC(CCl)(NS(=O)(=O)CCc2ccncc2)C1. The molecule has 1 fully saturated rings. The van der Waals surface area contributed by atoms with Crippen molar-refractivity contribution in [2.75, 3.05) is 11.6 Å². The van der Waals surface area contributed by atoms with Gasteiger partial charge in [0.1, 0.15) is 0 Å². The molecule has 0 aromatic carbocycles. The lowest BCUT2D eigenvalue weighted by Gasteiger charge is -2.39. The zero-order valence-electron chi connectivity index (χ0n) is 12.4. The van der Waals surface area contributed by atoms with Gasteiger partial charge in [-0.15, -0.1) is 11.6 Å². The van der Waals surface area contributed by atoms with E-state index in [2.05, 4.69) is 16.6 Å². The maximum atomic E-state index is 12.4. The number of hydrogen-bond donors (Lipinski definition) is 1. The molecule has 0 amide bonds. The number of pyridine rings is 1. The summed E-state index contributed by atoms with van der Waals surface area (Å²) in [5, 5.41) is 0. The van der Waals surface area contributed by atoms with Crippen molar-refractivity contribution in [3.8, 4) is 0 Å². The van der Waals surface area contributed by atoms with Crippen LogP contribution in [0.1, 0.15) is 38.2 Å². The molecule has 1 aliphatic rings. The minimum Gasteiger partial charge on any atom is -0.265 e. The highest BCUT2D eigenvalue weighted by Gasteiger charge is 2.37. The fourth-order valence-corrected chi connectivity index (χ4v) is 5.00. The van der Waals surface area contributed by atoms with Gasteiger partial charge in [-0.2, -0.15) is 0 Å². The van der Waals surface area contributed by atoms with Gasteiger partial charge in [0.2, 0.25) is 10.0 Å². The number of nitrogens with zero attached hydrogens (tertiary/aromatic N) is 1. The average molecular weight is 331 g/mol. The Bertz CT molecular complexity index is 550. The molecule has 118 valence electrons. The average Bonchev–Trinajstić information content (AvgIpc) is 2.46. The Balaban J connectivity index is 1.99. The number of hydrogen-bond acceptors (Lipinski definition) is 3. The van der Waals surface area contributed by atoms with Crippen molar-refractivity contribution in [2.45, 2.75) is 44.6 Å². The van der Waals surface area contributed by atoms with Crippen LogP contribution in [0.2, 0.25) is 0 Å². The van der Waals surface area contributed by atoms with Gasteiger partial charge in [-0.05, 0) is 42.9 Å². The quantitative estimate of drug-likeness (QED) is 0.816. The number of nitrogens with one attached hydrogen (secondary N) is 1. The van der Waals surface area contributed by atoms with Gasteiger partial charge < -0.3 is 0 Å². The largest absolute Gasteiger partial charge is 0.265 e. The maximum absolute atomic E-state index is 12.4. The van der Waals surface area contributed by atoms with E-state index in [0.717, 1.165) is 31.2 Å². The van der Waals surface area contributed by atoms with Crippen molar-refractivity contribution < 1.29 is 8.42 Å². The van der Waals surface area contributed by atoms with Gasteiger partial charge in [0.15, 0.2) is 0 Å². The summed E-state index contributed by atoms with van der Waals surface area (Å²) in [5.74, 6) is 0.941. The predicted octanol–water partition coefficient (Wildman–Crippen LogP) is 2.73. The Hall–Kier alpha value is -0.650. The molecule has 1 aliphatic carbocycles. The highest BCUT2D eigenvalue weighted by molar-refractivity contribution is 7.89. The van der Waals surface area contributed by atoms with E-state index >= 15 is 0 Å². The van der Waals surface area contributed by atoms with Crippen LogP contribution in [-0.2, 0) is 16.4 Å². The second-order valence-corrected chi connectivity index (χ2v) is 8.25. The van der Waals surface area contributed by atoms with Gasteiger partial charge in [-0.25, -0.2) is 13.1 Å². The third-order valence-corrected chi connectivity index (χ3v) is 6.13. The number of halogens is 1. The van der Waals surface area contributed by atoms with Gasteiger partial charge in [0.25, 0.3) is 0 Å². The van der Waals surface area contributed by atoms with E-state index in [1.165, 1.54) is 0 Å². The first-order valence-corrected chi connectivity index (χ1v) is 9.60. The third-order valence-electron chi connectivity index (χ3n) is 4.13. The van der Waals surface area contributed by atoms with E-state index < -0.39 is 15.6 Å². The molecule has 1 aromatic heterocycles. The number of sulfonamides is 1. The van der Waals surface area contributed by atoms with Crippen molar-refractivity contribution in [3.63, 3.8) is 0 Å². The summed E-state index contributed by atoms with van der Waals surface area (Å²) < 4.78 is 27.6. The molecule has 0 spiro atoms. The second kappa shape index (κ2) is 7.07. The Morgan fingerprint density at radius 1 is 1.43 bits per heavy atom. The van der Waals surface area contributed by atoms with E-state index in [1.54, 1.807) is 12.4 Å². The summed E-state index contributed by atoms with van der Waals surface area (Å²) in [7, 11) is -3.33. The summed E-state index contributed by atoms with van der Waals surface area (Å²) in [6, 6.07) is 3.69. The molecule has 2 unspecified atom stereocenters. The van der Waals surface area contributed by atoms with Crippen LogP contribution in [0.25, 0.3) is 0 Å². The fourth-order valence-electron chi connectivity index (χ4n) is 3.08. The van der Waals surface area contributed by atoms with Crippen LogP contribution in [0.5, 0.6) is 0 Å². The fraction of sp³-hybridized carbons (Fsp3) is 0.667. The summed E-state index contributed by atoms with van der Waals surface area (Å²) in [6.07, 6.45) is 7.68. The summed E-state index contributed by atoms with van der Waals surface area (Å²) in [4.78, 5) is 3.93. The molecule has 1 aromatic rings. The summed E-state index contributed by atoms with van der Waals surface area (Å²) >= 11 is 6.09. The van der Waals surface area contributed by atoms with Crippen LogP contribution in [0, 0.1) is 5.92 Å². The van der Waals surface area contributed by atoms with Gasteiger partial charge in [-0.1, -0.05) is 19.8 Å². The van der Waals surface area contributed by atoms with Gasteiger partial charge in [0, 0.05) is 23.8 Å². The van der Waals surface area contributed by atoms with E-state index in [9.17, 15) is 8.42 Å². The molecule has 0 saturated heterocycles. The minimum absolute atomic E-state index is 0.0873. The number of alkyl halides is 1. The molecule has 1 saturated carbocycles. The highest BCUT2D eigenvalue weighted by Crippen LogP contribution is 2.33. The Labute approximate surface area is 132 Å². The maximum Gasteiger partial charge on any atom is 0.212 e. The number of rotatable bonds is 6. The minimum atomic E-state index is -3.33. The third kappa shape index (κ3) is 4.94. The summed E-state index contributed by atoms with van der Waals surface area (Å²) in [5.41, 5.74) is 0.517. The van der Waals surface area contributed by atoms with E-state index in [0.29, 0.717) is 18.2 Å². The smallest absolute Gasteiger partial charge is 0.212 e. The lowest BCUT2D eigenvalue weighted by atomic mass is 9.78. The Morgan fingerprint density at radius 2 is 2.14 bits per heavy atom. The Kier molecular flexibility index (Phi) is 5.63. The van der Waals surface area contributed by atoms with Crippen molar-refractivity contribution >= 4 is 21.6 Å². The predicted molar refractivity (Wildman–Crippen MR) is 85.9 cm³/mol. The van der Waals surface area contributed by atoms with Crippen LogP contribution in [0.4, 0.5) is 0 Å². The first kappa shape index (κ1) is 16.7. The topological polar surface area (TPSA) is 59.1 Å². The monoisotopic (exact) mass is 330 g/mol. The number of aryl methyl sites for hydroxylation is 1.